The van der Waals surface area contributed by atoms with Crippen molar-refractivity contribution in [2.45, 2.75) is 141 Å². The van der Waals surface area contributed by atoms with Gasteiger partial charge in [0.15, 0.2) is 0 Å². The van der Waals surface area contributed by atoms with Gasteiger partial charge < -0.3 is 0 Å². The predicted molar refractivity (Wildman–Crippen MR) is 112 cm³/mol. The van der Waals surface area contributed by atoms with E-state index in [2.05, 4.69) is 39.5 Å². The molecule has 0 spiro atoms. The fraction of sp³-hybridized carbons (Fsp3) is 1.00. The third-order valence-electron chi connectivity index (χ3n) is 4.89. The van der Waals surface area contributed by atoms with E-state index in [0.717, 1.165) is 10.5 Å². The van der Waals surface area contributed by atoms with E-state index in [-0.39, 0.29) is 0 Å². The normalized spacial score (nSPS) is 14.1. The zero-order valence-corrected chi connectivity index (χ0v) is 17.7. The van der Waals surface area contributed by atoms with Crippen molar-refractivity contribution in [1.82, 2.24) is 0 Å². The fourth-order valence-electron chi connectivity index (χ4n) is 3.31. The molecule has 0 aromatic heterocycles. The minimum absolute atomic E-state index is 0.866. The van der Waals surface area contributed by atoms with E-state index < -0.39 is 0 Å². The lowest BCUT2D eigenvalue weighted by atomic mass is 10.1. The van der Waals surface area contributed by atoms with Gasteiger partial charge in [0.1, 0.15) is 0 Å². The van der Waals surface area contributed by atoms with E-state index in [9.17, 15) is 0 Å². The van der Waals surface area contributed by atoms with Crippen molar-refractivity contribution < 1.29 is 0 Å². The van der Waals surface area contributed by atoms with Gasteiger partial charge in [-0.15, -0.1) is 0 Å². The molecule has 0 bridgehead atoms. The van der Waals surface area contributed by atoms with Gasteiger partial charge in [0, 0.05) is 10.5 Å². The second-order valence-corrected chi connectivity index (χ2v) is 9.46. The number of rotatable bonds is 18. The van der Waals surface area contributed by atoms with E-state index in [0.29, 0.717) is 0 Å². The Morgan fingerprint density at radius 1 is 0.478 bits per heavy atom. The van der Waals surface area contributed by atoms with E-state index in [1.165, 1.54) is 103 Å². The molecule has 0 aromatic carbocycles. The van der Waals surface area contributed by atoms with Gasteiger partial charge in [-0.1, -0.05) is 118 Å². The quantitative estimate of drug-likeness (QED) is 0.224. The first-order valence-electron chi connectivity index (χ1n) is 10.9. The van der Waals surface area contributed by atoms with Crippen LogP contribution in [-0.4, -0.2) is 10.5 Å². The molecule has 1 heteroatoms. The molecule has 0 nitrogen and oxygen atoms in total. The Balaban J connectivity index is 3.32. The lowest BCUT2D eigenvalue weighted by molar-refractivity contribution is 0.570. The van der Waals surface area contributed by atoms with E-state index >= 15 is 0 Å². The standard InChI is InChI=1S/C22H46S/c1-5-7-9-11-13-15-17-19-21(3)23-22(4)20-18-16-14-12-10-8-6-2/h21-22H,5-20H2,1-4H3. The fourth-order valence-corrected chi connectivity index (χ4v) is 4.71. The molecule has 0 fully saturated rings. The smallest absolute Gasteiger partial charge is 0.00213 e. The Morgan fingerprint density at radius 2 is 0.783 bits per heavy atom. The van der Waals surface area contributed by atoms with Crippen LogP contribution in [0.2, 0.25) is 0 Å². The maximum atomic E-state index is 2.45. The average molecular weight is 343 g/mol. The van der Waals surface area contributed by atoms with Gasteiger partial charge >= 0.3 is 0 Å². The zero-order valence-electron chi connectivity index (χ0n) is 16.9. The third kappa shape index (κ3) is 18.5. The SMILES string of the molecule is CCCCCCCCCC(C)SC(C)CCCCCCCCC. The summed E-state index contributed by atoms with van der Waals surface area (Å²) in [4.78, 5) is 0. The van der Waals surface area contributed by atoms with Crippen LogP contribution in [0.15, 0.2) is 0 Å². The predicted octanol–water partition coefficient (Wildman–Crippen LogP) is 8.78. The minimum atomic E-state index is 0.866. The molecular weight excluding hydrogens is 296 g/mol. The molecule has 0 aliphatic carbocycles. The Bertz CT molecular complexity index is 192. The first-order valence-corrected chi connectivity index (χ1v) is 11.8. The number of thioether (sulfide) groups is 1. The van der Waals surface area contributed by atoms with E-state index in [1.54, 1.807) is 0 Å². The summed E-state index contributed by atoms with van der Waals surface area (Å²) >= 11 is 2.24. The van der Waals surface area contributed by atoms with E-state index in [4.69, 9.17) is 0 Å². The number of hydrogen-bond donors (Lipinski definition) is 0. The summed E-state index contributed by atoms with van der Waals surface area (Å²) < 4.78 is 0. The highest BCUT2D eigenvalue weighted by molar-refractivity contribution is 8.00. The van der Waals surface area contributed by atoms with Gasteiger partial charge in [0.05, 0.1) is 0 Å². The Kier molecular flexibility index (Phi) is 19.0. The van der Waals surface area contributed by atoms with Gasteiger partial charge in [-0.05, 0) is 12.8 Å². The first kappa shape index (κ1) is 23.4. The molecule has 2 atom stereocenters. The first-order chi connectivity index (χ1) is 11.2. The molecule has 0 aliphatic rings. The summed E-state index contributed by atoms with van der Waals surface area (Å²) in [5.41, 5.74) is 0. The number of unbranched alkanes of at least 4 members (excludes halogenated alkanes) is 12. The van der Waals surface area contributed by atoms with E-state index in [1.807, 2.05) is 0 Å². The molecule has 0 amide bonds. The average Bonchev–Trinajstić information content (AvgIpc) is 2.53. The second kappa shape index (κ2) is 18.7. The van der Waals surface area contributed by atoms with Crippen molar-refractivity contribution in [3.63, 3.8) is 0 Å². The molecule has 0 rings (SSSR count). The van der Waals surface area contributed by atoms with Crippen LogP contribution in [0, 0.1) is 0 Å². The van der Waals surface area contributed by atoms with Crippen LogP contribution >= 0.6 is 11.8 Å². The van der Waals surface area contributed by atoms with Crippen molar-refractivity contribution in [3.8, 4) is 0 Å². The van der Waals surface area contributed by atoms with Crippen LogP contribution in [0.4, 0.5) is 0 Å². The van der Waals surface area contributed by atoms with Crippen LogP contribution in [-0.2, 0) is 0 Å². The minimum Gasteiger partial charge on any atom is -0.156 e. The van der Waals surface area contributed by atoms with Crippen LogP contribution in [0.3, 0.4) is 0 Å². The molecular formula is C22H46S. The van der Waals surface area contributed by atoms with Gasteiger partial charge in [-0.2, -0.15) is 11.8 Å². The van der Waals surface area contributed by atoms with Crippen molar-refractivity contribution in [3.05, 3.63) is 0 Å². The summed E-state index contributed by atoms with van der Waals surface area (Å²) in [6.07, 6.45) is 23.0. The largest absolute Gasteiger partial charge is 0.156 e. The monoisotopic (exact) mass is 342 g/mol. The topological polar surface area (TPSA) is 0 Å². The van der Waals surface area contributed by atoms with Crippen molar-refractivity contribution in [1.29, 1.82) is 0 Å². The van der Waals surface area contributed by atoms with Crippen LogP contribution in [0.1, 0.15) is 130 Å². The summed E-state index contributed by atoms with van der Waals surface area (Å²) in [6.45, 7) is 9.49. The lowest BCUT2D eigenvalue weighted by Crippen LogP contribution is -2.05. The van der Waals surface area contributed by atoms with Crippen molar-refractivity contribution in [2.24, 2.45) is 0 Å². The van der Waals surface area contributed by atoms with Crippen LogP contribution < -0.4 is 0 Å². The molecule has 0 radical (unpaired) electrons. The number of hydrogen-bond acceptors (Lipinski definition) is 1. The Hall–Kier alpha value is 0.350. The van der Waals surface area contributed by atoms with Crippen molar-refractivity contribution in [2.75, 3.05) is 0 Å². The summed E-state index contributed by atoms with van der Waals surface area (Å²) in [5.74, 6) is 0. The highest BCUT2D eigenvalue weighted by Crippen LogP contribution is 2.26. The third-order valence-corrected chi connectivity index (χ3v) is 6.29. The molecule has 0 heterocycles. The lowest BCUT2D eigenvalue weighted by Gasteiger charge is -2.17. The van der Waals surface area contributed by atoms with Gasteiger partial charge in [-0.3, -0.25) is 0 Å². The molecule has 0 saturated carbocycles. The molecule has 23 heavy (non-hydrogen) atoms. The molecule has 140 valence electrons. The Labute approximate surface area is 153 Å². The maximum Gasteiger partial charge on any atom is 0.00213 e. The Morgan fingerprint density at radius 3 is 1.13 bits per heavy atom. The highest BCUT2D eigenvalue weighted by atomic mass is 32.2. The second-order valence-electron chi connectivity index (χ2n) is 7.58. The van der Waals surface area contributed by atoms with Crippen LogP contribution in [0.25, 0.3) is 0 Å². The molecule has 0 N–H and O–H groups in total. The molecule has 0 aliphatic heterocycles. The summed E-state index contributed by atoms with van der Waals surface area (Å²) in [5, 5.41) is 1.73. The van der Waals surface area contributed by atoms with Gasteiger partial charge in [0.25, 0.3) is 0 Å². The summed E-state index contributed by atoms with van der Waals surface area (Å²) in [6, 6.07) is 0. The molecule has 2 unspecified atom stereocenters. The van der Waals surface area contributed by atoms with Crippen molar-refractivity contribution >= 4 is 11.8 Å². The highest BCUT2D eigenvalue weighted by Gasteiger charge is 2.09. The van der Waals surface area contributed by atoms with Crippen LogP contribution in [0.5, 0.6) is 0 Å². The summed E-state index contributed by atoms with van der Waals surface area (Å²) in [7, 11) is 0. The zero-order chi connectivity index (χ0) is 17.2. The maximum absolute atomic E-state index is 2.45. The van der Waals surface area contributed by atoms with Gasteiger partial charge in [0.2, 0.25) is 0 Å². The molecule has 0 saturated heterocycles. The van der Waals surface area contributed by atoms with Gasteiger partial charge in [-0.25, -0.2) is 0 Å². The molecule has 0 aromatic rings.